The molecule has 0 fully saturated rings. The van der Waals surface area contributed by atoms with Gasteiger partial charge in [-0.25, -0.2) is 0 Å². The lowest BCUT2D eigenvalue weighted by atomic mass is 10.1. The van der Waals surface area contributed by atoms with Crippen molar-refractivity contribution in [2.75, 3.05) is 25.6 Å². The van der Waals surface area contributed by atoms with Crippen LogP contribution in [0.5, 0.6) is 17.2 Å². The first-order valence-corrected chi connectivity index (χ1v) is 10.0. The van der Waals surface area contributed by atoms with E-state index in [0.29, 0.717) is 35.1 Å². The van der Waals surface area contributed by atoms with E-state index in [4.69, 9.17) is 14.2 Å². The maximum absolute atomic E-state index is 12.3. The Kier molecular flexibility index (Phi) is 7.64. The Bertz CT molecular complexity index is 1120. The summed E-state index contributed by atoms with van der Waals surface area (Å²) in [6.45, 7) is 2.07. The van der Waals surface area contributed by atoms with Crippen LogP contribution >= 0.6 is 0 Å². The second-order valence-corrected chi connectivity index (χ2v) is 6.78. The summed E-state index contributed by atoms with van der Waals surface area (Å²) in [7, 11) is 3.29. The molecule has 166 valence electrons. The van der Waals surface area contributed by atoms with Gasteiger partial charge in [-0.2, -0.15) is 5.10 Å². The first-order valence-electron chi connectivity index (χ1n) is 10.0. The minimum Gasteiger partial charge on any atom is -0.495 e. The summed E-state index contributed by atoms with van der Waals surface area (Å²) in [4.78, 5) is 24.5. The SMILES string of the molecule is CCOc1cc(/C=C/C(=O)c2cnn(C)c2)ccc1OCC(=O)Nc1ccccc1OC. The molecule has 0 spiro atoms. The predicted octanol–water partition coefficient (Wildman–Crippen LogP) is 3.74. The molecule has 1 N–H and O–H groups in total. The van der Waals surface area contributed by atoms with Gasteiger partial charge in [0.15, 0.2) is 23.9 Å². The van der Waals surface area contributed by atoms with Crippen LogP contribution < -0.4 is 19.5 Å². The van der Waals surface area contributed by atoms with Crippen LogP contribution in [0.1, 0.15) is 22.8 Å². The van der Waals surface area contributed by atoms with Gasteiger partial charge in [-0.1, -0.05) is 24.3 Å². The molecule has 0 bridgehead atoms. The van der Waals surface area contributed by atoms with Crippen LogP contribution in [0, 0.1) is 0 Å². The van der Waals surface area contributed by atoms with E-state index < -0.39 is 0 Å². The van der Waals surface area contributed by atoms with Crippen LogP contribution in [0.4, 0.5) is 5.69 Å². The monoisotopic (exact) mass is 435 g/mol. The van der Waals surface area contributed by atoms with Gasteiger partial charge in [0, 0.05) is 13.2 Å². The lowest BCUT2D eigenvalue weighted by Gasteiger charge is -2.13. The standard InChI is InChI=1S/C24H25N3O5/c1-4-31-23-13-17(9-11-20(28)18-14-25-27(2)15-18)10-12-22(23)32-16-24(29)26-19-7-5-6-8-21(19)30-3/h5-15H,4,16H2,1-3H3,(H,26,29)/b11-9+. The fourth-order valence-corrected chi connectivity index (χ4v) is 2.91. The van der Waals surface area contributed by atoms with Gasteiger partial charge in [0.05, 0.1) is 31.2 Å². The third-order valence-corrected chi connectivity index (χ3v) is 4.42. The number of allylic oxidation sites excluding steroid dienone is 1. The first kappa shape index (κ1) is 22.6. The van der Waals surface area contributed by atoms with Gasteiger partial charge in [0.1, 0.15) is 5.75 Å². The summed E-state index contributed by atoms with van der Waals surface area (Å²) in [6, 6.07) is 12.4. The number of hydrogen-bond donors (Lipinski definition) is 1. The summed E-state index contributed by atoms with van der Waals surface area (Å²) in [6.07, 6.45) is 6.34. The third kappa shape index (κ3) is 5.98. The fraction of sp³-hybridized carbons (Fsp3) is 0.208. The van der Waals surface area contributed by atoms with Crippen molar-refractivity contribution < 1.29 is 23.8 Å². The number of nitrogens with one attached hydrogen (secondary N) is 1. The summed E-state index contributed by atoms with van der Waals surface area (Å²) in [5.41, 5.74) is 1.83. The van der Waals surface area contributed by atoms with Crippen molar-refractivity contribution >= 4 is 23.5 Å². The van der Waals surface area contributed by atoms with Crippen LogP contribution in [0.2, 0.25) is 0 Å². The van der Waals surface area contributed by atoms with Crippen molar-refractivity contribution in [1.29, 1.82) is 0 Å². The van der Waals surface area contributed by atoms with Crippen molar-refractivity contribution in [2.45, 2.75) is 6.92 Å². The molecule has 0 aliphatic heterocycles. The number of para-hydroxylation sites is 2. The molecule has 3 rings (SSSR count). The Morgan fingerprint density at radius 1 is 1.09 bits per heavy atom. The van der Waals surface area contributed by atoms with Gasteiger partial charge in [-0.3, -0.25) is 14.3 Å². The first-order chi connectivity index (χ1) is 15.5. The molecule has 0 unspecified atom stereocenters. The van der Waals surface area contributed by atoms with Gasteiger partial charge in [-0.15, -0.1) is 0 Å². The van der Waals surface area contributed by atoms with Gasteiger partial charge in [-0.05, 0) is 42.8 Å². The number of benzene rings is 2. The molecular formula is C24H25N3O5. The number of hydrogen-bond acceptors (Lipinski definition) is 6. The normalized spacial score (nSPS) is 10.7. The molecule has 32 heavy (non-hydrogen) atoms. The maximum atomic E-state index is 12.3. The van der Waals surface area contributed by atoms with Gasteiger partial charge < -0.3 is 19.5 Å². The zero-order chi connectivity index (χ0) is 22.9. The number of aryl methyl sites for hydroxylation is 1. The highest BCUT2D eigenvalue weighted by Crippen LogP contribution is 2.29. The van der Waals surface area contributed by atoms with Gasteiger partial charge >= 0.3 is 0 Å². The molecule has 1 heterocycles. The summed E-state index contributed by atoms with van der Waals surface area (Å²) >= 11 is 0. The van der Waals surface area contributed by atoms with Crippen LogP contribution in [-0.2, 0) is 11.8 Å². The molecule has 3 aromatic rings. The van der Waals surface area contributed by atoms with Crippen molar-refractivity contribution in [3.05, 3.63) is 72.1 Å². The van der Waals surface area contributed by atoms with E-state index >= 15 is 0 Å². The summed E-state index contributed by atoms with van der Waals surface area (Å²) < 4.78 is 18.1. The number of carbonyl (C=O) groups is 2. The van der Waals surface area contributed by atoms with Crippen molar-refractivity contribution in [3.8, 4) is 17.2 Å². The highest BCUT2D eigenvalue weighted by Gasteiger charge is 2.11. The topological polar surface area (TPSA) is 91.7 Å². The fourth-order valence-electron chi connectivity index (χ4n) is 2.91. The Morgan fingerprint density at radius 3 is 2.62 bits per heavy atom. The van der Waals surface area contributed by atoms with E-state index in [1.54, 1.807) is 60.4 Å². The lowest BCUT2D eigenvalue weighted by Crippen LogP contribution is -2.20. The average molecular weight is 435 g/mol. The van der Waals surface area contributed by atoms with Crippen molar-refractivity contribution in [3.63, 3.8) is 0 Å². The van der Waals surface area contributed by atoms with Crippen LogP contribution in [0.15, 0.2) is 60.9 Å². The zero-order valence-corrected chi connectivity index (χ0v) is 18.2. The number of ether oxygens (including phenoxy) is 3. The number of amides is 1. The molecule has 8 nitrogen and oxygen atoms in total. The minimum absolute atomic E-state index is 0.149. The van der Waals surface area contributed by atoms with Crippen LogP contribution in [-0.4, -0.2) is 41.8 Å². The Hall–Kier alpha value is -4.07. The Morgan fingerprint density at radius 2 is 1.91 bits per heavy atom. The quantitative estimate of drug-likeness (QED) is 0.385. The molecule has 0 radical (unpaired) electrons. The zero-order valence-electron chi connectivity index (χ0n) is 18.2. The number of aromatic nitrogens is 2. The van der Waals surface area contributed by atoms with E-state index in [2.05, 4.69) is 10.4 Å². The molecule has 1 amide bonds. The molecule has 0 saturated heterocycles. The number of nitrogens with zero attached hydrogens (tertiary/aromatic N) is 2. The molecule has 1 aromatic heterocycles. The van der Waals surface area contributed by atoms with Crippen molar-refractivity contribution in [1.82, 2.24) is 9.78 Å². The van der Waals surface area contributed by atoms with E-state index in [1.165, 1.54) is 19.4 Å². The van der Waals surface area contributed by atoms with E-state index in [1.807, 2.05) is 13.0 Å². The average Bonchev–Trinajstić information content (AvgIpc) is 3.24. The number of anilines is 1. The van der Waals surface area contributed by atoms with Crippen LogP contribution in [0.3, 0.4) is 0 Å². The number of ketones is 1. The molecule has 0 aliphatic carbocycles. The summed E-state index contributed by atoms with van der Waals surface area (Å²) in [5.74, 6) is 0.992. The lowest BCUT2D eigenvalue weighted by molar-refractivity contribution is -0.118. The third-order valence-electron chi connectivity index (χ3n) is 4.42. The molecular weight excluding hydrogens is 410 g/mol. The highest BCUT2D eigenvalue weighted by atomic mass is 16.5. The molecule has 0 atom stereocenters. The number of rotatable bonds is 10. The minimum atomic E-state index is -0.331. The van der Waals surface area contributed by atoms with Crippen molar-refractivity contribution in [2.24, 2.45) is 7.05 Å². The van der Waals surface area contributed by atoms with E-state index in [9.17, 15) is 9.59 Å². The van der Waals surface area contributed by atoms with E-state index in [-0.39, 0.29) is 18.3 Å². The number of carbonyl (C=O) groups excluding carboxylic acids is 2. The van der Waals surface area contributed by atoms with Gasteiger partial charge in [0.2, 0.25) is 0 Å². The molecule has 0 saturated carbocycles. The van der Waals surface area contributed by atoms with Gasteiger partial charge in [0.25, 0.3) is 5.91 Å². The largest absolute Gasteiger partial charge is 0.495 e. The molecule has 0 aliphatic rings. The van der Waals surface area contributed by atoms with Crippen LogP contribution in [0.25, 0.3) is 6.08 Å². The molecule has 8 heteroatoms. The maximum Gasteiger partial charge on any atom is 0.262 e. The summed E-state index contributed by atoms with van der Waals surface area (Å²) in [5, 5.41) is 6.76. The Balaban J connectivity index is 1.65. The molecule has 2 aromatic carbocycles. The smallest absolute Gasteiger partial charge is 0.262 e. The second kappa shape index (κ2) is 10.8. The Labute approximate surface area is 186 Å². The highest BCUT2D eigenvalue weighted by molar-refractivity contribution is 6.06. The second-order valence-electron chi connectivity index (χ2n) is 6.78. The van der Waals surface area contributed by atoms with E-state index in [0.717, 1.165) is 5.56 Å². The number of methoxy groups -OCH3 is 1. The predicted molar refractivity (Wildman–Crippen MR) is 121 cm³/mol.